The number of carboxylic acids is 1. The number of hydrogen-bond donors (Lipinski definition) is 1. The molecule has 0 bridgehead atoms. The topological polar surface area (TPSA) is 80.5 Å². The molecule has 2 aromatic heterocycles. The zero-order chi connectivity index (χ0) is 19.2. The number of para-hydroxylation sites is 1. The number of rotatable bonds is 5. The molecule has 0 atom stereocenters. The van der Waals surface area contributed by atoms with Crippen molar-refractivity contribution in [1.82, 2.24) is 14.8 Å². The number of nitrogens with zero attached hydrogens (tertiary/aromatic N) is 4. The van der Waals surface area contributed by atoms with E-state index >= 15 is 0 Å². The van der Waals surface area contributed by atoms with Gasteiger partial charge in [-0.05, 0) is 25.1 Å². The van der Waals surface area contributed by atoms with Crippen molar-refractivity contribution in [2.45, 2.75) is 13.8 Å². The number of hydrogen-bond acceptors (Lipinski definition) is 5. The lowest BCUT2D eigenvalue weighted by Gasteiger charge is -2.49. The van der Waals surface area contributed by atoms with Crippen molar-refractivity contribution < 1.29 is 14.6 Å². The number of aromatic carboxylic acids is 1. The van der Waals surface area contributed by atoms with Crippen LogP contribution in [0.2, 0.25) is 0 Å². The van der Waals surface area contributed by atoms with Crippen LogP contribution in [0.15, 0.2) is 36.4 Å². The molecule has 1 N–H and O–H groups in total. The van der Waals surface area contributed by atoms with E-state index in [1.54, 1.807) is 17.9 Å². The van der Waals surface area contributed by atoms with E-state index in [0.717, 1.165) is 35.5 Å². The van der Waals surface area contributed by atoms with Gasteiger partial charge in [0.25, 0.3) is 0 Å². The molecule has 4 rings (SSSR count). The number of carboxylic acid groups (broad SMARTS) is 1. The summed E-state index contributed by atoms with van der Waals surface area (Å²) in [7, 11) is 1.70. The van der Waals surface area contributed by atoms with E-state index in [1.807, 2.05) is 37.3 Å². The second-order valence-electron chi connectivity index (χ2n) is 7.46. The van der Waals surface area contributed by atoms with Crippen molar-refractivity contribution in [2.24, 2.45) is 5.41 Å². The van der Waals surface area contributed by atoms with Gasteiger partial charge in [-0.15, -0.1) is 0 Å². The molecule has 1 aromatic carbocycles. The maximum atomic E-state index is 11.7. The Morgan fingerprint density at radius 3 is 2.63 bits per heavy atom. The van der Waals surface area contributed by atoms with Crippen LogP contribution >= 0.6 is 0 Å². The molecule has 0 spiro atoms. The number of carbonyl (C=O) groups is 1. The highest BCUT2D eigenvalue weighted by Crippen LogP contribution is 2.39. The fourth-order valence-electron chi connectivity index (χ4n) is 3.86. The largest absolute Gasteiger partial charge is 0.477 e. The lowest BCUT2D eigenvalue weighted by atomic mass is 9.82. The highest BCUT2D eigenvalue weighted by molar-refractivity contribution is 5.98. The van der Waals surface area contributed by atoms with Gasteiger partial charge in [0.05, 0.1) is 29.1 Å². The molecular formula is C20H22N4O3. The van der Waals surface area contributed by atoms with Crippen molar-refractivity contribution in [1.29, 1.82) is 0 Å². The summed E-state index contributed by atoms with van der Waals surface area (Å²) >= 11 is 0. The Labute approximate surface area is 157 Å². The van der Waals surface area contributed by atoms with Crippen LogP contribution in [0.3, 0.4) is 0 Å². The lowest BCUT2D eigenvalue weighted by molar-refractivity contribution is 0.0687. The van der Waals surface area contributed by atoms with Crippen LogP contribution in [-0.4, -0.2) is 52.6 Å². The molecular weight excluding hydrogens is 344 g/mol. The molecule has 3 aromatic rings. The third kappa shape index (κ3) is 2.94. The predicted molar refractivity (Wildman–Crippen MR) is 103 cm³/mol. The van der Waals surface area contributed by atoms with E-state index in [1.165, 1.54) is 0 Å². The summed E-state index contributed by atoms with van der Waals surface area (Å²) in [5.74, 6) is -1.04. The minimum atomic E-state index is -1.04. The first-order chi connectivity index (χ1) is 12.9. The van der Waals surface area contributed by atoms with Crippen molar-refractivity contribution in [2.75, 3.05) is 31.7 Å². The van der Waals surface area contributed by atoms with Gasteiger partial charge in [0.15, 0.2) is 11.3 Å². The Kier molecular flexibility index (Phi) is 4.11. The fraction of sp³-hybridized carbons (Fsp3) is 0.350. The van der Waals surface area contributed by atoms with Gasteiger partial charge < -0.3 is 14.7 Å². The number of methoxy groups -OCH3 is 1. The molecule has 1 saturated heterocycles. The number of benzene rings is 1. The summed E-state index contributed by atoms with van der Waals surface area (Å²) in [4.78, 5) is 18.3. The summed E-state index contributed by atoms with van der Waals surface area (Å²) in [5.41, 5.74) is 3.20. The van der Waals surface area contributed by atoms with Gasteiger partial charge in [-0.25, -0.2) is 14.5 Å². The molecule has 140 valence electrons. The van der Waals surface area contributed by atoms with Crippen LogP contribution in [0.25, 0.3) is 16.7 Å². The maximum absolute atomic E-state index is 11.7. The van der Waals surface area contributed by atoms with Crippen molar-refractivity contribution in [3.05, 3.63) is 47.8 Å². The number of aromatic nitrogens is 3. The Morgan fingerprint density at radius 1 is 1.30 bits per heavy atom. The van der Waals surface area contributed by atoms with Crippen LogP contribution in [0.1, 0.15) is 23.1 Å². The van der Waals surface area contributed by atoms with Crippen LogP contribution in [0, 0.1) is 12.3 Å². The first-order valence-electron chi connectivity index (χ1n) is 8.85. The average molecular weight is 366 g/mol. The number of ether oxygens (including phenoxy) is 1. The molecule has 0 saturated carbocycles. The van der Waals surface area contributed by atoms with E-state index < -0.39 is 5.97 Å². The van der Waals surface area contributed by atoms with E-state index in [0.29, 0.717) is 12.3 Å². The summed E-state index contributed by atoms with van der Waals surface area (Å²) in [5, 5.41) is 15.1. The molecule has 0 aliphatic carbocycles. The summed E-state index contributed by atoms with van der Waals surface area (Å²) in [6, 6.07) is 11.3. The Hall–Kier alpha value is -2.93. The van der Waals surface area contributed by atoms with Gasteiger partial charge in [0, 0.05) is 25.6 Å². The summed E-state index contributed by atoms with van der Waals surface area (Å²) < 4.78 is 7.04. The van der Waals surface area contributed by atoms with Crippen molar-refractivity contribution in [3.8, 4) is 5.69 Å². The van der Waals surface area contributed by atoms with Gasteiger partial charge in [0.1, 0.15) is 0 Å². The highest BCUT2D eigenvalue weighted by Gasteiger charge is 2.40. The van der Waals surface area contributed by atoms with Crippen molar-refractivity contribution in [3.63, 3.8) is 0 Å². The third-order valence-corrected chi connectivity index (χ3v) is 4.99. The number of fused-ring (bicyclic) bond motifs is 1. The molecule has 1 aliphatic heterocycles. The maximum Gasteiger partial charge on any atom is 0.354 e. The Balaban J connectivity index is 1.87. The SMILES string of the molecule is COCC1(C)CN(c2cc(C(=O)O)nc3c2c(C)nn3-c2ccccc2)C1. The summed E-state index contributed by atoms with van der Waals surface area (Å²) in [6.07, 6.45) is 0. The summed E-state index contributed by atoms with van der Waals surface area (Å²) in [6.45, 7) is 6.38. The van der Waals surface area contributed by atoms with E-state index in [-0.39, 0.29) is 11.1 Å². The Morgan fingerprint density at radius 2 is 2.00 bits per heavy atom. The van der Waals surface area contributed by atoms with Crippen LogP contribution < -0.4 is 4.90 Å². The predicted octanol–water partition coefficient (Wildman–Crippen LogP) is 2.90. The molecule has 1 aliphatic rings. The second kappa shape index (κ2) is 6.35. The normalized spacial score (nSPS) is 15.7. The van der Waals surface area contributed by atoms with E-state index in [9.17, 15) is 9.90 Å². The van der Waals surface area contributed by atoms with Gasteiger partial charge >= 0.3 is 5.97 Å². The minimum Gasteiger partial charge on any atom is -0.477 e. The average Bonchev–Trinajstić information content (AvgIpc) is 2.97. The van der Waals surface area contributed by atoms with Crippen LogP contribution in [-0.2, 0) is 4.74 Å². The molecule has 0 radical (unpaired) electrons. The van der Waals surface area contributed by atoms with Gasteiger partial charge in [-0.3, -0.25) is 0 Å². The fourth-order valence-corrected chi connectivity index (χ4v) is 3.86. The quantitative estimate of drug-likeness (QED) is 0.748. The van der Waals surface area contributed by atoms with Crippen LogP contribution in [0.5, 0.6) is 0 Å². The van der Waals surface area contributed by atoms with Crippen molar-refractivity contribution >= 4 is 22.7 Å². The first kappa shape index (κ1) is 17.5. The highest BCUT2D eigenvalue weighted by atomic mass is 16.5. The molecule has 27 heavy (non-hydrogen) atoms. The molecule has 1 fully saturated rings. The van der Waals surface area contributed by atoms with Gasteiger partial charge in [0.2, 0.25) is 0 Å². The number of pyridine rings is 1. The lowest BCUT2D eigenvalue weighted by Crippen LogP contribution is -2.57. The first-order valence-corrected chi connectivity index (χ1v) is 8.85. The monoisotopic (exact) mass is 366 g/mol. The Bertz CT molecular complexity index is 1010. The van der Waals surface area contributed by atoms with E-state index in [2.05, 4.69) is 21.9 Å². The standard InChI is InChI=1S/C20H22N4O3/c1-13-17-16(23-10-20(2,11-23)12-27-3)9-15(19(25)26)21-18(17)24(22-13)14-7-5-4-6-8-14/h4-9H,10-12H2,1-3H3,(H,25,26). The molecule has 7 nitrogen and oxygen atoms in total. The molecule has 7 heteroatoms. The zero-order valence-electron chi connectivity index (χ0n) is 15.6. The minimum absolute atomic E-state index is 0.0231. The number of aryl methyl sites for hydroxylation is 1. The van der Waals surface area contributed by atoms with Crippen LogP contribution in [0.4, 0.5) is 5.69 Å². The second-order valence-corrected chi connectivity index (χ2v) is 7.46. The zero-order valence-corrected chi connectivity index (χ0v) is 15.6. The van der Waals surface area contributed by atoms with Gasteiger partial charge in [-0.2, -0.15) is 5.10 Å². The number of anilines is 1. The third-order valence-electron chi connectivity index (χ3n) is 4.99. The molecule has 0 amide bonds. The van der Waals surface area contributed by atoms with E-state index in [4.69, 9.17) is 4.74 Å². The molecule has 0 unspecified atom stereocenters. The molecule has 3 heterocycles. The smallest absolute Gasteiger partial charge is 0.354 e. The van der Waals surface area contributed by atoms with Gasteiger partial charge in [-0.1, -0.05) is 25.1 Å².